The first-order valence-corrected chi connectivity index (χ1v) is 9.46. The second-order valence-electron chi connectivity index (χ2n) is 6.83. The van der Waals surface area contributed by atoms with E-state index in [0.29, 0.717) is 0 Å². The summed E-state index contributed by atoms with van der Waals surface area (Å²) in [5.74, 6) is 0. The van der Waals surface area contributed by atoms with Gasteiger partial charge in [0.25, 0.3) is 0 Å². The van der Waals surface area contributed by atoms with Crippen LogP contribution in [0, 0.1) is 0 Å². The predicted molar refractivity (Wildman–Crippen MR) is 72.7 cm³/mol. The van der Waals surface area contributed by atoms with Gasteiger partial charge >= 0.3 is 0 Å². The van der Waals surface area contributed by atoms with Gasteiger partial charge in [-0.1, -0.05) is 20.8 Å². The molecule has 1 aliphatic heterocycles. The Labute approximate surface area is 107 Å². The highest BCUT2D eigenvalue weighted by Gasteiger charge is 2.51. The first-order valence-electron chi connectivity index (χ1n) is 6.55. The van der Waals surface area contributed by atoms with Crippen LogP contribution < -0.4 is 0 Å². The number of hydrogen-bond acceptors (Lipinski definition) is 3. The summed E-state index contributed by atoms with van der Waals surface area (Å²) in [5.41, 5.74) is -0.267. The Morgan fingerprint density at radius 2 is 1.94 bits per heavy atom. The quantitative estimate of drug-likeness (QED) is 0.453. The minimum atomic E-state index is -1.59. The number of hydrogen-bond donors (Lipinski definition) is 1. The molecule has 1 N–H and O–H groups in total. The molecular weight excluding hydrogens is 232 g/mol. The van der Waals surface area contributed by atoms with Gasteiger partial charge in [0.05, 0.1) is 12.7 Å². The normalized spacial score (nSPS) is 29.5. The fraction of sp³-hybridized carbons (Fsp3) is 1.00. The van der Waals surface area contributed by atoms with Crippen LogP contribution in [0.25, 0.3) is 0 Å². The SMILES string of the molecule is CC(C)(C)[Si](C)(C)OCCC[C@H]1O[C@]1(C)CO. The fourth-order valence-corrected chi connectivity index (χ4v) is 2.69. The van der Waals surface area contributed by atoms with E-state index in [4.69, 9.17) is 14.3 Å². The molecule has 3 nitrogen and oxygen atoms in total. The lowest BCUT2D eigenvalue weighted by Crippen LogP contribution is -2.41. The van der Waals surface area contributed by atoms with Crippen LogP contribution in [0.15, 0.2) is 0 Å². The zero-order valence-corrected chi connectivity index (χ0v) is 13.2. The van der Waals surface area contributed by atoms with E-state index in [-0.39, 0.29) is 23.4 Å². The molecule has 1 saturated heterocycles. The van der Waals surface area contributed by atoms with Crippen molar-refractivity contribution < 1.29 is 14.3 Å². The van der Waals surface area contributed by atoms with Crippen molar-refractivity contribution in [3.05, 3.63) is 0 Å². The van der Waals surface area contributed by atoms with E-state index in [1.54, 1.807) is 0 Å². The molecule has 0 spiro atoms. The molecule has 4 heteroatoms. The Morgan fingerprint density at radius 3 is 2.35 bits per heavy atom. The number of aliphatic hydroxyl groups excluding tert-OH is 1. The van der Waals surface area contributed by atoms with Gasteiger partial charge in [-0.25, -0.2) is 0 Å². The summed E-state index contributed by atoms with van der Waals surface area (Å²) in [7, 11) is -1.59. The van der Waals surface area contributed by atoms with E-state index in [1.165, 1.54) is 0 Å². The van der Waals surface area contributed by atoms with Crippen molar-refractivity contribution in [1.82, 2.24) is 0 Å². The van der Waals surface area contributed by atoms with Crippen molar-refractivity contribution in [1.29, 1.82) is 0 Å². The Morgan fingerprint density at radius 1 is 1.35 bits per heavy atom. The van der Waals surface area contributed by atoms with Crippen molar-refractivity contribution in [2.45, 2.75) is 70.4 Å². The lowest BCUT2D eigenvalue weighted by Gasteiger charge is -2.36. The predicted octanol–water partition coefficient (Wildman–Crippen LogP) is 2.94. The third-order valence-electron chi connectivity index (χ3n) is 4.23. The van der Waals surface area contributed by atoms with Gasteiger partial charge in [-0.3, -0.25) is 0 Å². The molecule has 102 valence electrons. The summed E-state index contributed by atoms with van der Waals surface area (Å²) in [6.45, 7) is 14.2. The Hall–Kier alpha value is 0.0969. The maximum absolute atomic E-state index is 9.08. The molecule has 0 unspecified atom stereocenters. The van der Waals surface area contributed by atoms with Crippen molar-refractivity contribution in [2.75, 3.05) is 13.2 Å². The lowest BCUT2D eigenvalue weighted by atomic mass is 10.1. The topological polar surface area (TPSA) is 42.0 Å². The molecule has 0 bridgehead atoms. The number of rotatable bonds is 6. The average Bonchev–Trinajstić information content (AvgIpc) is 2.84. The van der Waals surface area contributed by atoms with Gasteiger partial charge in [-0.15, -0.1) is 0 Å². The maximum Gasteiger partial charge on any atom is 0.191 e. The molecule has 17 heavy (non-hydrogen) atoms. The summed E-state index contributed by atoms with van der Waals surface area (Å²) in [6, 6.07) is 0. The van der Waals surface area contributed by atoms with Crippen LogP contribution in [0.4, 0.5) is 0 Å². The molecule has 1 fully saturated rings. The molecule has 1 rings (SSSR count). The van der Waals surface area contributed by atoms with E-state index in [1.807, 2.05) is 6.92 Å². The summed E-state index contributed by atoms with van der Waals surface area (Å²) in [6.07, 6.45) is 2.24. The highest BCUT2D eigenvalue weighted by atomic mass is 28.4. The molecule has 0 amide bonds. The molecule has 0 radical (unpaired) electrons. The summed E-state index contributed by atoms with van der Waals surface area (Å²) < 4.78 is 11.6. The highest BCUT2D eigenvalue weighted by molar-refractivity contribution is 6.74. The van der Waals surface area contributed by atoms with E-state index in [9.17, 15) is 0 Å². The molecule has 2 atom stereocenters. The van der Waals surface area contributed by atoms with E-state index >= 15 is 0 Å². The first kappa shape index (κ1) is 15.2. The summed E-state index contributed by atoms with van der Waals surface area (Å²) >= 11 is 0. The van der Waals surface area contributed by atoms with Gasteiger partial charge < -0.3 is 14.3 Å². The molecule has 0 aromatic heterocycles. The minimum absolute atomic E-state index is 0.126. The van der Waals surface area contributed by atoms with Gasteiger partial charge in [0, 0.05) is 6.61 Å². The second-order valence-corrected chi connectivity index (χ2v) is 11.6. The van der Waals surface area contributed by atoms with Crippen LogP contribution in [-0.4, -0.2) is 38.3 Å². The number of ether oxygens (including phenoxy) is 1. The van der Waals surface area contributed by atoms with Crippen molar-refractivity contribution in [3.63, 3.8) is 0 Å². The molecule has 0 aliphatic carbocycles. The molecular formula is C13H28O3Si. The van der Waals surface area contributed by atoms with Crippen molar-refractivity contribution in [2.24, 2.45) is 0 Å². The van der Waals surface area contributed by atoms with Gasteiger partial charge in [0.1, 0.15) is 5.60 Å². The first-order chi connectivity index (χ1) is 7.62. The van der Waals surface area contributed by atoms with E-state index in [0.717, 1.165) is 19.4 Å². The van der Waals surface area contributed by atoms with Crippen LogP contribution in [0.3, 0.4) is 0 Å². The van der Waals surface area contributed by atoms with Crippen molar-refractivity contribution in [3.8, 4) is 0 Å². The summed E-state index contributed by atoms with van der Waals surface area (Å²) in [4.78, 5) is 0. The van der Waals surface area contributed by atoms with Gasteiger partial charge in [0.2, 0.25) is 0 Å². The lowest BCUT2D eigenvalue weighted by molar-refractivity contribution is 0.184. The third kappa shape index (κ3) is 3.78. The minimum Gasteiger partial charge on any atom is -0.417 e. The maximum atomic E-state index is 9.08. The van der Waals surface area contributed by atoms with E-state index < -0.39 is 8.32 Å². The fourth-order valence-electron chi connectivity index (χ4n) is 1.61. The zero-order chi connectivity index (χ0) is 13.3. The largest absolute Gasteiger partial charge is 0.417 e. The van der Waals surface area contributed by atoms with Crippen molar-refractivity contribution >= 4 is 8.32 Å². The van der Waals surface area contributed by atoms with E-state index in [2.05, 4.69) is 33.9 Å². The molecule has 1 aliphatic rings. The van der Waals surface area contributed by atoms with Crippen LogP contribution >= 0.6 is 0 Å². The zero-order valence-electron chi connectivity index (χ0n) is 12.2. The molecule has 0 aromatic rings. The van der Waals surface area contributed by atoms with Crippen LogP contribution in [-0.2, 0) is 9.16 Å². The van der Waals surface area contributed by atoms with Gasteiger partial charge in [0.15, 0.2) is 8.32 Å². The molecule has 0 aromatic carbocycles. The molecule has 0 saturated carbocycles. The number of aliphatic hydroxyl groups is 1. The smallest absolute Gasteiger partial charge is 0.191 e. The monoisotopic (exact) mass is 260 g/mol. The summed E-state index contributed by atoms with van der Waals surface area (Å²) in [5, 5.41) is 9.36. The average molecular weight is 260 g/mol. The van der Waals surface area contributed by atoms with Gasteiger partial charge in [-0.05, 0) is 37.9 Å². The third-order valence-corrected chi connectivity index (χ3v) is 8.77. The second kappa shape index (κ2) is 5.00. The van der Waals surface area contributed by atoms with Gasteiger partial charge in [-0.2, -0.15) is 0 Å². The highest BCUT2D eigenvalue weighted by Crippen LogP contribution is 2.39. The van der Waals surface area contributed by atoms with Crippen LogP contribution in [0.5, 0.6) is 0 Å². The molecule has 1 heterocycles. The Bertz CT molecular complexity index is 260. The Balaban J connectivity index is 2.18. The number of epoxide rings is 1. The van der Waals surface area contributed by atoms with Crippen LogP contribution in [0.2, 0.25) is 18.1 Å². The Kier molecular flexibility index (Phi) is 4.45. The van der Waals surface area contributed by atoms with Crippen LogP contribution in [0.1, 0.15) is 40.5 Å². The standard InChI is InChI=1S/C13H28O3Si/c1-12(2,3)17(5,6)15-9-7-8-11-13(4,10-14)16-11/h11,14H,7-10H2,1-6H3/t11-,13-/m1/s1.